The lowest BCUT2D eigenvalue weighted by molar-refractivity contribution is -0.0638. The number of rotatable bonds is 6. The van der Waals surface area contributed by atoms with Crippen molar-refractivity contribution in [1.82, 2.24) is 0 Å². The average molecular weight is 232 g/mol. The molecule has 0 amide bonds. The van der Waals surface area contributed by atoms with E-state index < -0.39 is 11.5 Å². The molecule has 0 aromatic carbocycles. The maximum absolute atomic E-state index is 9.18. The molecule has 1 rings (SSSR count). The van der Waals surface area contributed by atoms with Gasteiger partial charge in [0, 0.05) is 0 Å². The van der Waals surface area contributed by atoms with Gasteiger partial charge in [-0.15, -0.1) is 11.3 Å². The van der Waals surface area contributed by atoms with Gasteiger partial charge in [0.15, 0.2) is 5.06 Å². The van der Waals surface area contributed by atoms with E-state index in [-0.39, 0.29) is 19.8 Å². The number of hydrogen-bond donors (Lipinski definition) is 3. The molecular formula is C10H16O4S. The maximum atomic E-state index is 9.18. The molecule has 1 aromatic heterocycles. The van der Waals surface area contributed by atoms with Crippen LogP contribution in [0, 0.1) is 5.41 Å². The minimum atomic E-state index is -0.996. The fourth-order valence-corrected chi connectivity index (χ4v) is 1.81. The number of ether oxygens (including phenoxy) is 1. The molecule has 1 aromatic rings. The minimum absolute atomic E-state index is 0.313. The Labute approximate surface area is 92.8 Å². The molecule has 0 fully saturated rings. The number of aliphatic hydroxyl groups is 3. The van der Waals surface area contributed by atoms with Gasteiger partial charge in [-0.05, 0) is 24.4 Å². The molecule has 3 N–H and O–H groups in total. The predicted molar refractivity (Wildman–Crippen MR) is 58.1 cm³/mol. The van der Waals surface area contributed by atoms with Crippen LogP contribution >= 0.6 is 11.3 Å². The molecule has 0 aliphatic heterocycles. The lowest BCUT2D eigenvalue weighted by atomic mass is 9.85. The van der Waals surface area contributed by atoms with E-state index in [1.54, 1.807) is 13.0 Å². The van der Waals surface area contributed by atoms with Gasteiger partial charge in [0.25, 0.3) is 0 Å². The molecule has 15 heavy (non-hydrogen) atoms. The first-order valence-corrected chi connectivity index (χ1v) is 5.59. The average Bonchev–Trinajstić information content (AvgIpc) is 2.74. The first-order valence-electron chi connectivity index (χ1n) is 4.71. The highest BCUT2D eigenvalue weighted by Gasteiger charge is 2.36. The summed E-state index contributed by atoms with van der Waals surface area (Å²) in [6.45, 7) is 0.786. The van der Waals surface area contributed by atoms with Crippen molar-refractivity contribution >= 4 is 11.3 Å². The Bertz CT molecular complexity index is 261. The van der Waals surface area contributed by atoms with E-state index in [9.17, 15) is 15.3 Å². The standard InChI is InChI=1S/C10H16O4S/c1-8(10(5-11,6-12)7-13)14-9-3-2-4-15-9/h2-4,8,11-13H,5-7H2,1H3. The van der Waals surface area contributed by atoms with Crippen LogP contribution in [0.5, 0.6) is 5.06 Å². The van der Waals surface area contributed by atoms with Crippen molar-refractivity contribution in [2.45, 2.75) is 13.0 Å². The summed E-state index contributed by atoms with van der Waals surface area (Å²) in [6.07, 6.45) is -0.448. The second-order valence-electron chi connectivity index (χ2n) is 3.53. The van der Waals surface area contributed by atoms with Gasteiger partial charge < -0.3 is 20.1 Å². The van der Waals surface area contributed by atoms with Crippen molar-refractivity contribution in [3.8, 4) is 5.06 Å². The SMILES string of the molecule is CC(Oc1cccs1)C(CO)(CO)CO. The van der Waals surface area contributed by atoms with E-state index in [0.717, 1.165) is 0 Å². The monoisotopic (exact) mass is 232 g/mol. The van der Waals surface area contributed by atoms with Crippen molar-refractivity contribution < 1.29 is 20.1 Å². The maximum Gasteiger partial charge on any atom is 0.174 e. The molecule has 0 aliphatic rings. The molecule has 0 spiro atoms. The summed E-state index contributed by atoms with van der Waals surface area (Å²) in [6, 6.07) is 3.66. The lowest BCUT2D eigenvalue weighted by Crippen LogP contribution is -2.46. The highest BCUT2D eigenvalue weighted by atomic mass is 32.1. The van der Waals surface area contributed by atoms with Crippen LogP contribution in [0.4, 0.5) is 0 Å². The fraction of sp³-hybridized carbons (Fsp3) is 0.600. The van der Waals surface area contributed by atoms with Gasteiger partial charge in [-0.3, -0.25) is 0 Å². The zero-order valence-electron chi connectivity index (χ0n) is 8.59. The molecule has 0 aliphatic carbocycles. The van der Waals surface area contributed by atoms with E-state index >= 15 is 0 Å². The van der Waals surface area contributed by atoms with Crippen molar-refractivity contribution in [3.05, 3.63) is 17.5 Å². The van der Waals surface area contributed by atoms with Crippen molar-refractivity contribution in [2.24, 2.45) is 5.41 Å². The van der Waals surface area contributed by atoms with Crippen LogP contribution in [0.3, 0.4) is 0 Å². The van der Waals surface area contributed by atoms with Gasteiger partial charge in [-0.1, -0.05) is 0 Å². The molecule has 0 radical (unpaired) electrons. The Morgan fingerprint density at radius 1 is 1.33 bits per heavy atom. The van der Waals surface area contributed by atoms with Crippen molar-refractivity contribution in [1.29, 1.82) is 0 Å². The molecule has 1 heterocycles. The molecule has 0 saturated heterocycles. The Balaban J connectivity index is 2.68. The van der Waals surface area contributed by atoms with Crippen LogP contribution in [0.25, 0.3) is 0 Å². The van der Waals surface area contributed by atoms with Gasteiger partial charge in [0.1, 0.15) is 6.10 Å². The quantitative estimate of drug-likeness (QED) is 0.667. The molecule has 5 heteroatoms. The van der Waals surface area contributed by atoms with E-state index in [1.807, 2.05) is 11.4 Å². The van der Waals surface area contributed by atoms with Gasteiger partial charge >= 0.3 is 0 Å². The number of hydrogen-bond acceptors (Lipinski definition) is 5. The van der Waals surface area contributed by atoms with Crippen LogP contribution < -0.4 is 4.74 Å². The van der Waals surface area contributed by atoms with Crippen LogP contribution in [0.1, 0.15) is 6.92 Å². The summed E-state index contributed by atoms with van der Waals surface area (Å²) < 4.78 is 5.53. The summed E-state index contributed by atoms with van der Waals surface area (Å²) in [5.41, 5.74) is -0.996. The summed E-state index contributed by atoms with van der Waals surface area (Å²) in [5, 5.41) is 30.1. The third-order valence-electron chi connectivity index (χ3n) is 2.60. The topological polar surface area (TPSA) is 69.9 Å². The first kappa shape index (κ1) is 12.4. The summed E-state index contributed by atoms with van der Waals surface area (Å²) in [5.74, 6) is 0. The van der Waals surface area contributed by atoms with Crippen LogP contribution in [0.15, 0.2) is 17.5 Å². The zero-order valence-corrected chi connectivity index (χ0v) is 9.41. The van der Waals surface area contributed by atoms with Gasteiger partial charge in [-0.2, -0.15) is 0 Å². The van der Waals surface area contributed by atoms with Crippen molar-refractivity contribution in [3.63, 3.8) is 0 Å². The highest BCUT2D eigenvalue weighted by Crippen LogP contribution is 2.27. The normalized spacial score (nSPS) is 13.9. The molecule has 86 valence electrons. The van der Waals surface area contributed by atoms with E-state index in [0.29, 0.717) is 5.06 Å². The second kappa shape index (κ2) is 5.46. The fourth-order valence-electron chi connectivity index (χ4n) is 1.17. The molecule has 0 bridgehead atoms. The van der Waals surface area contributed by atoms with Crippen LogP contribution in [0.2, 0.25) is 0 Å². The van der Waals surface area contributed by atoms with E-state index in [1.165, 1.54) is 11.3 Å². The molecule has 1 atom stereocenters. The van der Waals surface area contributed by atoms with Crippen LogP contribution in [-0.2, 0) is 0 Å². The Hall–Kier alpha value is -0.620. The first-order chi connectivity index (χ1) is 7.18. The van der Waals surface area contributed by atoms with E-state index in [2.05, 4.69) is 0 Å². The number of thiophene rings is 1. The third kappa shape index (κ3) is 2.69. The highest BCUT2D eigenvalue weighted by molar-refractivity contribution is 7.11. The van der Waals surface area contributed by atoms with Gasteiger partial charge in [-0.25, -0.2) is 0 Å². The zero-order chi connectivity index (χ0) is 11.3. The Kier molecular flexibility index (Phi) is 4.53. The lowest BCUT2D eigenvalue weighted by Gasteiger charge is -2.33. The van der Waals surface area contributed by atoms with Crippen LogP contribution in [-0.4, -0.2) is 41.2 Å². The molecule has 0 saturated carbocycles. The van der Waals surface area contributed by atoms with Crippen molar-refractivity contribution in [2.75, 3.05) is 19.8 Å². The Morgan fingerprint density at radius 2 is 1.93 bits per heavy atom. The van der Waals surface area contributed by atoms with E-state index in [4.69, 9.17) is 4.74 Å². The minimum Gasteiger partial charge on any atom is -0.480 e. The third-order valence-corrected chi connectivity index (χ3v) is 3.35. The predicted octanol–water partition coefficient (Wildman–Crippen LogP) is 0.479. The molecular weight excluding hydrogens is 216 g/mol. The Morgan fingerprint density at radius 3 is 2.33 bits per heavy atom. The number of aliphatic hydroxyl groups excluding tert-OH is 3. The second-order valence-corrected chi connectivity index (χ2v) is 4.44. The molecule has 1 unspecified atom stereocenters. The van der Waals surface area contributed by atoms with Gasteiger partial charge in [0.05, 0.1) is 25.2 Å². The molecule has 4 nitrogen and oxygen atoms in total. The summed E-state index contributed by atoms with van der Waals surface area (Å²) >= 11 is 1.43. The summed E-state index contributed by atoms with van der Waals surface area (Å²) in [7, 11) is 0. The smallest absolute Gasteiger partial charge is 0.174 e. The largest absolute Gasteiger partial charge is 0.480 e. The van der Waals surface area contributed by atoms with Gasteiger partial charge in [0.2, 0.25) is 0 Å². The summed E-state index contributed by atoms with van der Waals surface area (Å²) in [4.78, 5) is 0.